The molecule has 4 nitrogen and oxygen atoms in total. The van der Waals surface area contributed by atoms with Crippen LogP contribution in [0.25, 0.3) is 0 Å². The van der Waals surface area contributed by atoms with Crippen molar-refractivity contribution in [2.24, 2.45) is 0 Å². The molecule has 0 saturated heterocycles. The smallest absolute Gasteiger partial charge is 0.249 e. The third kappa shape index (κ3) is 3.13. The van der Waals surface area contributed by atoms with E-state index in [1.165, 1.54) is 12.4 Å². The van der Waals surface area contributed by atoms with Crippen LogP contribution in [0.2, 0.25) is 0 Å². The molecule has 0 radical (unpaired) electrons. The van der Waals surface area contributed by atoms with Gasteiger partial charge in [-0.3, -0.25) is 0 Å². The SMILES string of the molecule is Cc1ccc(S(=O)(=O)n2ccc(S(=O)c3ccccc3)c2)cc1. The summed E-state index contributed by atoms with van der Waals surface area (Å²) < 4.78 is 38.7. The van der Waals surface area contributed by atoms with Gasteiger partial charge in [0.05, 0.1) is 20.6 Å². The molecule has 1 unspecified atom stereocenters. The lowest BCUT2D eigenvalue weighted by Crippen LogP contribution is -2.10. The Labute approximate surface area is 137 Å². The molecule has 1 aromatic heterocycles. The van der Waals surface area contributed by atoms with E-state index in [1.807, 2.05) is 13.0 Å². The molecule has 6 heteroatoms. The molecule has 118 valence electrons. The molecular formula is C17H15NO3S2. The van der Waals surface area contributed by atoms with Crippen LogP contribution in [0, 0.1) is 6.92 Å². The van der Waals surface area contributed by atoms with Crippen LogP contribution in [0.1, 0.15) is 5.56 Å². The summed E-state index contributed by atoms with van der Waals surface area (Å²) in [6.45, 7) is 1.90. The van der Waals surface area contributed by atoms with E-state index < -0.39 is 20.8 Å². The highest BCUT2D eigenvalue weighted by atomic mass is 32.2. The second-order valence-electron chi connectivity index (χ2n) is 5.08. The zero-order valence-corrected chi connectivity index (χ0v) is 14.0. The van der Waals surface area contributed by atoms with Crippen molar-refractivity contribution in [3.8, 4) is 0 Å². The molecule has 0 amide bonds. The fraction of sp³-hybridized carbons (Fsp3) is 0.0588. The Kier molecular flexibility index (Phi) is 4.19. The Morgan fingerprint density at radius 1 is 0.870 bits per heavy atom. The number of benzene rings is 2. The predicted molar refractivity (Wildman–Crippen MR) is 89.3 cm³/mol. The summed E-state index contributed by atoms with van der Waals surface area (Å²) in [5.41, 5.74) is 0.988. The quantitative estimate of drug-likeness (QED) is 0.730. The van der Waals surface area contributed by atoms with Gasteiger partial charge in [-0.1, -0.05) is 35.9 Å². The molecule has 0 bridgehead atoms. The van der Waals surface area contributed by atoms with Crippen molar-refractivity contribution in [1.82, 2.24) is 3.97 Å². The first-order valence-corrected chi connectivity index (χ1v) is 9.54. The highest BCUT2D eigenvalue weighted by Crippen LogP contribution is 2.20. The highest BCUT2D eigenvalue weighted by Gasteiger charge is 2.18. The maximum atomic E-state index is 12.6. The Bertz CT molecular complexity index is 943. The van der Waals surface area contributed by atoms with Crippen LogP contribution in [0.3, 0.4) is 0 Å². The van der Waals surface area contributed by atoms with E-state index in [9.17, 15) is 12.6 Å². The first-order chi connectivity index (χ1) is 11.0. The number of hydrogen-bond acceptors (Lipinski definition) is 3. The third-order valence-electron chi connectivity index (χ3n) is 3.41. The Morgan fingerprint density at radius 2 is 1.52 bits per heavy atom. The summed E-state index contributed by atoms with van der Waals surface area (Å²) in [4.78, 5) is 1.29. The third-order valence-corrected chi connectivity index (χ3v) is 6.43. The summed E-state index contributed by atoms with van der Waals surface area (Å²) in [5, 5.41) is 0. The van der Waals surface area contributed by atoms with Crippen molar-refractivity contribution in [3.63, 3.8) is 0 Å². The average Bonchev–Trinajstić information content (AvgIpc) is 3.06. The molecule has 0 spiro atoms. The van der Waals surface area contributed by atoms with Gasteiger partial charge in [-0.2, -0.15) is 0 Å². The second-order valence-corrected chi connectivity index (χ2v) is 8.40. The minimum Gasteiger partial charge on any atom is -0.249 e. The summed E-state index contributed by atoms with van der Waals surface area (Å²) in [6, 6.07) is 17.1. The second kappa shape index (κ2) is 6.14. The molecule has 0 saturated carbocycles. The fourth-order valence-corrected chi connectivity index (χ4v) is 4.46. The largest absolute Gasteiger partial charge is 0.267 e. The standard InChI is InChI=1S/C17H15NO3S2/c1-14-7-9-17(10-8-14)23(20,21)18-12-11-16(13-18)22(19)15-5-3-2-4-6-15/h2-13H,1H3. The Morgan fingerprint density at radius 3 is 2.17 bits per heavy atom. The minimum atomic E-state index is -3.67. The number of nitrogens with zero attached hydrogens (tertiary/aromatic N) is 1. The molecule has 0 aliphatic carbocycles. The van der Waals surface area contributed by atoms with Crippen LogP contribution < -0.4 is 0 Å². The number of aryl methyl sites for hydroxylation is 1. The van der Waals surface area contributed by atoms with Crippen molar-refractivity contribution in [2.75, 3.05) is 0 Å². The molecule has 0 fully saturated rings. The highest BCUT2D eigenvalue weighted by molar-refractivity contribution is 7.90. The van der Waals surface area contributed by atoms with Crippen molar-refractivity contribution in [1.29, 1.82) is 0 Å². The van der Waals surface area contributed by atoms with Crippen LogP contribution in [0.5, 0.6) is 0 Å². The van der Waals surface area contributed by atoms with Gasteiger partial charge in [-0.25, -0.2) is 16.6 Å². The minimum absolute atomic E-state index is 0.204. The van der Waals surface area contributed by atoms with Gasteiger partial charge in [0.25, 0.3) is 10.0 Å². The predicted octanol–water partition coefficient (Wildman–Crippen LogP) is 3.20. The topological polar surface area (TPSA) is 56.1 Å². The van der Waals surface area contributed by atoms with Crippen LogP contribution in [-0.2, 0) is 20.8 Å². The van der Waals surface area contributed by atoms with Gasteiger partial charge in [-0.15, -0.1) is 0 Å². The molecule has 23 heavy (non-hydrogen) atoms. The van der Waals surface area contributed by atoms with Crippen LogP contribution >= 0.6 is 0 Å². The van der Waals surface area contributed by atoms with Gasteiger partial charge in [0, 0.05) is 17.3 Å². The number of hydrogen-bond donors (Lipinski definition) is 0. The van der Waals surface area contributed by atoms with Crippen molar-refractivity contribution in [2.45, 2.75) is 21.6 Å². The average molecular weight is 345 g/mol. The van der Waals surface area contributed by atoms with Gasteiger partial charge >= 0.3 is 0 Å². The van der Waals surface area contributed by atoms with Gasteiger partial charge in [0.2, 0.25) is 0 Å². The molecule has 0 N–H and O–H groups in total. The molecule has 0 aliphatic heterocycles. The lowest BCUT2D eigenvalue weighted by atomic mass is 10.2. The maximum Gasteiger partial charge on any atom is 0.267 e. The van der Waals surface area contributed by atoms with E-state index in [1.54, 1.807) is 54.6 Å². The zero-order chi connectivity index (χ0) is 16.4. The molecule has 1 atom stereocenters. The van der Waals surface area contributed by atoms with E-state index >= 15 is 0 Å². The number of aromatic nitrogens is 1. The maximum absolute atomic E-state index is 12.6. The van der Waals surface area contributed by atoms with Crippen molar-refractivity contribution >= 4 is 20.8 Å². The van der Waals surface area contributed by atoms with Gasteiger partial charge in [0.1, 0.15) is 0 Å². The summed E-state index contributed by atoms with van der Waals surface area (Å²) >= 11 is 0. The van der Waals surface area contributed by atoms with Crippen molar-refractivity contribution in [3.05, 3.63) is 78.6 Å². The van der Waals surface area contributed by atoms with Gasteiger partial charge < -0.3 is 0 Å². The van der Waals surface area contributed by atoms with E-state index in [0.29, 0.717) is 9.79 Å². The van der Waals surface area contributed by atoms with E-state index in [-0.39, 0.29) is 4.90 Å². The number of rotatable bonds is 4. The Balaban J connectivity index is 1.95. The van der Waals surface area contributed by atoms with E-state index in [0.717, 1.165) is 9.54 Å². The molecule has 3 rings (SSSR count). The van der Waals surface area contributed by atoms with Gasteiger partial charge in [-0.05, 0) is 37.3 Å². The van der Waals surface area contributed by atoms with Crippen LogP contribution in [-0.4, -0.2) is 16.6 Å². The van der Waals surface area contributed by atoms with Crippen LogP contribution in [0.15, 0.2) is 87.7 Å². The van der Waals surface area contributed by atoms with Crippen molar-refractivity contribution < 1.29 is 12.6 Å². The normalized spacial score (nSPS) is 12.9. The van der Waals surface area contributed by atoms with Gasteiger partial charge in [0.15, 0.2) is 0 Å². The summed E-state index contributed by atoms with van der Waals surface area (Å²) in [7, 11) is -5.07. The fourth-order valence-electron chi connectivity index (χ4n) is 2.13. The molecule has 3 aromatic rings. The lowest BCUT2D eigenvalue weighted by molar-refractivity contribution is 0.587. The summed E-state index contributed by atoms with van der Waals surface area (Å²) in [6.07, 6.45) is 2.82. The molecule has 2 aromatic carbocycles. The molecule has 0 aliphatic rings. The first kappa shape index (κ1) is 15.7. The first-order valence-electron chi connectivity index (χ1n) is 6.95. The summed E-state index contributed by atoms with van der Waals surface area (Å²) in [5.74, 6) is 0. The van der Waals surface area contributed by atoms with Crippen LogP contribution in [0.4, 0.5) is 0 Å². The monoisotopic (exact) mass is 345 g/mol. The molecule has 1 heterocycles. The van der Waals surface area contributed by atoms with E-state index in [4.69, 9.17) is 0 Å². The van der Waals surface area contributed by atoms with E-state index in [2.05, 4.69) is 0 Å². The Hall–Kier alpha value is -2.18. The molecular weight excluding hydrogens is 330 g/mol. The zero-order valence-electron chi connectivity index (χ0n) is 12.4. The lowest BCUT2D eigenvalue weighted by Gasteiger charge is -2.05.